The van der Waals surface area contributed by atoms with Crippen molar-refractivity contribution in [2.45, 2.75) is 39.7 Å². The van der Waals surface area contributed by atoms with Crippen LogP contribution in [-0.4, -0.2) is 48.1 Å². The SMILES string of the molecule is CCOC(=O)CNC(=O)c1nc(CC2CCN(c3ccc(F)cc3)CC2)nc(C)c1OCc1ccccc1. The average molecular weight is 521 g/mol. The summed E-state index contributed by atoms with van der Waals surface area (Å²) in [5, 5.41) is 2.59. The second kappa shape index (κ2) is 13.0. The molecule has 0 aliphatic carbocycles. The van der Waals surface area contributed by atoms with E-state index < -0.39 is 11.9 Å². The Balaban J connectivity index is 1.47. The van der Waals surface area contributed by atoms with E-state index in [9.17, 15) is 14.0 Å². The lowest BCUT2D eigenvalue weighted by molar-refractivity contribution is -0.141. The summed E-state index contributed by atoms with van der Waals surface area (Å²) < 4.78 is 24.2. The van der Waals surface area contributed by atoms with Crippen molar-refractivity contribution in [2.24, 2.45) is 5.92 Å². The number of nitrogens with one attached hydrogen (secondary N) is 1. The van der Waals surface area contributed by atoms with Gasteiger partial charge < -0.3 is 19.7 Å². The van der Waals surface area contributed by atoms with E-state index >= 15 is 0 Å². The zero-order valence-corrected chi connectivity index (χ0v) is 21.8. The Labute approximate surface area is 222 Å². The van der Waals surface area contributed by atoms with Crippen LogP contribution in [-0.2, 0) is 22.6 Å². The average Bonchev–Trinajstić information content (AvgIpc) is 2.92. The Hall–Kier alpha value is -4.01. The molecule has 1 aromatic heterocycles. The monoisotopic (exact) mass is 520 g/mol. The molecule has 1 N–H and O–H groups in total. The van der Waals surface area contributed by atoms with E-state index in [2.05, 4.69) is 20.2 Å². The van der Waals surface area contributed by atoms with Crippen LogP contribution in [0.2, 0.25) is 0 Å². The number of nitrogens with zero attached hydrogens (tertiary/aromatic N) is 3. The van der Waals surface area contributed by atoms with Crippen molar-refractivity contribution < 1.29 is 23.5 Å². The van der Waals surface area contributed by atoms with Gasteiger partial charge in [-0.05, 0) is 62.4 Å². The van der Waals surface area contributed by atoms with Gasteiger partial charge >= 0.3 is 5.97 Å². The van der Waals surface area contributed by atoms with E-state index in [1.165, 1.54) is 12.1 Å². The van der Waals surface area contributed by atoms with Gasteiger partial charge in [-0.3, -0.25) is 9.59 Å². The predicted molar refractivity (Wildman–Crippen MR) is 142 cm³/mol. The van der Waals surface area contributed by atoms with Crippen LogP contribution in [0.1, 0.15) is 47.3 Å². The number of anilines is 1. The first-order valence-corrected chi connectivity index (χ1v) is 12.9. The molecular weight excluding hydrogens is 487 g/mol. The first-order chi connectivity index (χ1) is 18.4. The first kappa shape index (κ1) is 27.0. The summed E-state index contributed by atoms with van der Waals surface area (Å²) in [6.45, 7) is 5.43. The number of amides is 1. The summed E-state index contributed by atoms with van der Waals surface area (Å²) in [5.74, 6) is -0.0706. The predicted octanol–water partition coefficient (Wildman–Crippen LogP) is 4.26. The van der Waals surface area contributed by atoms with E-state index in [4.69, 9.17) is 9.47 Å². The van der Waals surface area contributed by atoms with Gasteiger partial charge in [0.1, 0.15) is 24.8 Å². The number of esters is 1. The van der Waals surface area contributed by atoms with Crippen molar-refractivity contribution in [3.8, 4) is 5.75 Å². The standard InChI is InChI=1S/C29H33FN4O4/c1-3-37-26(35)18-31-29(36)27-28(38-19-22-7-5-4-6-8-22)20(2)32-25(33-27)17-21-13-15-34(16-14-21)24-11-9-23(30)10-12-24/h4-12,21H,3,13-19H2,1-2H3,(H,31,36). The number of halogens is 1. The molecule has 0 atom stereocenters. The van der Waals surface area contributed by atoms with Crippen molar-refractivity contribution >= 4 is 17.6 Å². The van der Waals surface area contributed by atoms with Crippen LogP contribution < -0.4 is 15.0 Å². The number of rotatable bonds is 10. The molecule has 2 heterocycles. The molecule has 0 spiro atoms. The minimum Gasteiger partial charge on any atom is -0.485 e. The Kier molecular flexibility index (Phi) is 9.24. The molecule has 0 bridgehead atoms. The summed E-state index contributed by atoms with van der Waals surface area (Å²) in [6, 6.07) is 16.2. The molecule has 4 rings (SSSR count). The van der Waals surface area contributed by atoms with Gasteiger partial charge in [0.25, 0.3) is 5.91 Å². The molecule has 0 saturated carbocycles. The third-order valence-corrected chi connectivity index (χ3v) is 6.50. The van der Waals surface area contributed by atoms with Crippen LogP contribution in [0.5, 0.6) is 5.75 Å². The maximum absolute atomic E-state index is 13.3. The molecule has 8 nitrogen and oxygen atoms in total. The van der Waals surface area contributed by atoms with Gasteiger partial charge in [0, 0.05) is 25.2 Å². The van der Waals surface area contributed by atoms with Crippen LogP contribution in [0.3, 0.4) is 0 Å². The topological polar surface area (TPSA) is 93.6 Å². The van der Waals surface area contributed by atoms with Crippen molar-refractivity contribution in [2.75, 3.05) is 31.1 Å². The van der Waals surface area contributed by atoms with Crippen LogP contribution in [0.4, 0.5) is 10.1 Å². The summed E-state index contributed by atoms with van der Waals surface area (Å²) in [4.78, 5) is 36.4. The minimum atomic E-state index is -0.522. The molecular formula is C29H33FN4O4. The molecule has 0 unspecified atom stereocenters. The molecule has 1 saturated heterocycles. The third-order valence-electron chi connectivity index (χ3n) is 6.50. The Morgan fingerprint density at radius 3 is 2.45 bits per heavy atom. The third kappa shape index (κ3) is 7.27. The maximum atomic E-state index is 13.3. The molecule has 200 valence electrons. The van der Waals surface area contributed by atoms with Gasteiger partial charge in [-0.15, -0.1) is 0 Å². The summed E-state index contributed by atoms with van der Waals surface area (Å²) in [6.07, 6.45) is 2.47. The highest BCUT2D eigenvalue weighted by Gasteiger charge is 2.24. The molecule has 3 aromatic rings. The number of ether oxygens (including phenoxy) is 2. The minimum absolute atomic E-state index is 0.108. The number of carbonyl (C=O) groups excluding carboxylic acids is 2. The van der Waals surface area contributed by atoms with E-state index in [1.54, 1.807) is 26.0 Å². The lowest BCUT2D eigenvalue weighted by atomic mass is 9.93. The second-order valence-electron chi connectivity index (χ2n) is 9.28. The fourth-order valence-electron chi connectivity index (χ4n) is 4.52. The lowest BCUT2D eigenvalue weighted by Crippen LogP contribution is -2.35. The second-order valence-corrected chi connectivity index (χ2v) is 9.28. The summed E-state index contributed by atoms with van der Waals surface area (Å²) >= 11 is 0. The molecule has 0 radical (unpaired) electrons. The number of piperidine rings is 1. The zero-order chi connectivity index (χ0) is 26.9. The number of benzene rings is 2. The van der Waals surface area contributed by atoms with Gasteiger partial charge in [-0.25, -0.2) is 14.4 Å². The van der Waals surface area contributed by atoms with Gasteiger partial charge in [0.2, 0.25) is 0 Å². The molecule has 9 heteroatoms. The molecule has 2 aromatic carbocycles. The lowest BCUT2D eigenvalue weighted by Gasteiger charge is -2.33. The van der Waals surface area contributed by atoms with Crippen LogP contribution in [0.15, 0.2) is 54.6 Å². The zero-order valence-electron chi connectivity index (χ0n) is 21.8. The summed E-state index contributed by atoms with van der Waals surface area (Å²) in [7, 11) is 0. The van der Waals surface area contributed by atoms with Crippen molar-refractivity contribution in [3.05, 3.63) is 83.2 Å². The van der Waals surface area contributed by atoms with Gasteiger partial charge in [-0.1, -0.05) is 30.3 Å². The number of carbonyl (C=O) groups is 2. The number of aryl methyl sites for hydroxylation is 1. The van der Waals surface area contributed by atoms with Gasteiger partial charge in [0.15, 0.2) is 11.4 Å². The fraction of sp³-hybridized carbons (Fsp3) is 0.379. The number of aromatic nitrogens is 2. The van der Waals surface area contributed by atoms with Crippen LogP contribution in [0, 0.1) is 18.7 Å². The van der Waals surface area contributed by atoms with Gasteiger partial charge in [0.05, 0.1) is 12.3 Å². The largest absolute Gasteiger partial charge is 0.485 e. The van der Waals surface area contributed by atoms with E-state index in [1.807, 2.05) is 30.3 Å². The normalized spacial score (nSPS) is 13.7. The number of hydrogen-bond acceptors (Lipinski definition) is 7. The molecule has 1 aliphatic heterocycles. The van der Waals surface area contributed by atoms with Crippen LogP contribution >= 0.6 is 0 Å². The molecule has 1 fully saturated rings. The highest BCUT2D eigenvalue weighted by molar-refractivity contribution is 5.96. The van der Waals surface area contributed by atoms with E-state index in [0.717, 1.165) is 37.2 Å². The van der Waals surface area contributed by atoms with Gasteiger partial charge in [-0.2, -0.15) is 0 Å². The highest BCUT2D eigenvalue weighted by Crippen LogP contribution is 2.27. The molecule has 38 heavy (non-hydrogen) atoms. The highest BCUT2D eigenvalue weighted by atomic mass is 19.1. The molecule has 1 amide bonds. The van der Waals surface area contributed by atoms with Crippen LogP contribution in [0.25, 0.3) is 0 Å². The fourth-order valence-corrected chi connectivity index (χ4v) is 4.52. The Bertz CT molecular complexity index is 1230. The molecule has 1 aliphatic rings. The Morgan fingerprint density at radius 2 is 1.76 bits per heavy atom. The summed E-state index contributed by atoms with van der Waals surface area (Å²) in [5.41, 5.74) is 2.63. The number of hydrogen-bond donors (Lipinski definition) is 1. The quantitative estimate of drug-likeness (QED) is 0.400. The Morgan fingerprint density at radius 1 is 1.05 bits per heavy atom. The van der Waals surface area contributed by atoms with Crippen molar-refractivity contribution in [3.63, 3.8) is 0 Å². The van der Waals surface area contributed by atoms with Crippen molar-refractivity contribution in [1.82, 2.24) is 15.3 Å². The van der Waals surface area contributed by atoms with Crippen molar-refractivity contribution in [1.29, 1.82) is 0 Å². The smallest absolute Gasteiger partial charge is 0.325 e. The maximum Gasteiger partial charge on any atom is 0.325 e. The van der Waals surface area contributed by atoms with E-state index in [0.29, 0.717) is 29.6 Å². The van der Waals surface area contributed by atoms with E-state index in [-0.39, 0.29) is 31.3 Å². The first-order valence-electron chi connectivity index (χ1n) is 12.9.